The second-order valence-electron chi connectivity index (χ2n) is 5.67. The molecular weight excluding hydrogens is 393 g/mol. The van der Waals surface area contributed by atoms with Gasteiger partial charge in [-0.25, -0.2) is 23.2 Å². The summed E-state index contributed by atoms with van der Waals surface area (Å²) in [4.78, 5) is 0. The van der Waals surface area contributed by atoms with E-state index in [4.69, 9.17) is 35.0 Å². The summed E-state index contributed by atoms with van der Waals surface area (Å²) in [6, 6.07) is 18.1. The van der Waals surface area contributed by atoms with Crippen LogP contribution in [-0.4, -0.2) is 23.8 Å². The third-order valence-corrected chi connectivity index (χ3v) is 3.91. The molecule has 0 saturated heterocycles. The quantitative estimate of drug-likeness (QED) is 0.498. The first kappa shape index (κ1) is 21.1. The highest BCUT2D eigenvalue weighted by molar-refractivity contribution is 6.67. The summed E-state index contributed by atoms with van der Waals surface area (Å²) in [5.41, 5.74) is 3.13. The Balaban J connectivity index is 0.000000465. The Bertz CT molecular complexity index is 876. The largest absolute Gasteiger partial charge is 0.456 e. The second kappa shape index (κ2) is 9.14. The second-order valence-corrected chi connectivity index (χ2v) is 6.81. The summed E-state index contributed by atoms with van der Waals surface area (Å²) in [5, 5.41) is 0.676. The van der Waals surface area contributed by atoms with Crippen molar-refractivity contribution in [2.75, 3.05) is 14.1 Å². The molecule has 1 aliphatic heterocycles. The first-order valence-electron chi connectivity index (χ1n) is 7.73. The monoisotopic (exact) mass is 409 g/mol. The lowest BCUT2D eigenvalue weighted by Gasteiger charge is -2.20. The summed E-state index contributed by atoms with van der Waals surface area (Å²) >= 11 is 6.31. The van der Waals surface area contributed by atoms with Crippen LogP contribution in [0.15, 0.2) is 66.7 Å². The Morgan fingerprint density at radius 1 is 0.963 bits per heavy atom. The first-order chi connectivity index (χ1) is 12.6. The number of rotatable bonds is 2. The number of ether oxygens (including phenoxy) is 1. The predicted molar refractivity (Wildman–Crippen MR) is 92.4 cm³/mol. The molecule has 0 N–H and O–H groups in total. The lowest BCUT2D eigenvalue weighted by molar-refractivity contribution is -2.00. The van der Waals surface area contributed by atoms with E-state index in [1.165, 1.54) is 0 Å². The van der Waals surface area contributed by atoms with Crippen molar-refractivity contribution < 1.29 is 38.2 Å². The van der Waals surface area contributed by atoms with Gasteiger partial charge in [0.1, 0.15) is 25.6 Å². The number of nitrogens with zero attached hydrogens (tertiary/aromatic N) is 1. The van der Waals surface area contributed by atoms with Gasteiger partial charge in [0.25, 0.3) is 5.17 Å². The minimum Gasteiger partial charge on any atom is -0.456 e. The van der Waals surface area contributed by atoms with Crippen LogP contribution in [0, 0.1) is 10.2 Å². The van der Waals surface area contributed by atoms with E-state index in [9.17, 15) is 0 Å². The van der Waals surface area contributed by atoms with Gasteiger partial charge in [-0.1, -0.05) is 48.5 Å². The van der Waals surface area contributed by atoms with E-state index in [0.717, 1.165) is 28.2 Å². The fourth-order valence-corrected chi connectivity index (χ4v) is 2.40. The van der Waals surface area contributed by atoms with Gasteiger partial charge in [0.15, 0.2) is 0 Å². The van der Waals surface area contributed by atoms with E-state index >= 15 is 0 Å². The summed E-state index contributed by atoms with van der Waals surface area (Å²) in [6.45, 7) is 0. The lowest BCUT2D eigenvalue weighted by atomic mass is 9.99. The molecule has 0 spiro atoms. The molecule has 2 aromatic rings. The van der Waals surface area contributed by atoms with Crippen LogP contribution in [0.1, 0.15) is 11.1 Å². The molecule has 0 saturated carbocycles. The van der Waals surface area contributed by atoms with Crippen LogP contribution < -0.4 is 23.4 Å². The molecule has 0 atom stereocenters. The van der Waals surface area contributed by atoms with Crippen LogP contribution in [0.2, 0.25) is 0 Å². The molecule has 0 fully saturated rings. The van der Waals surface area contributed by atoms with Crippen LogP contribution in [0.3, 0.4) is 0 Å². The molecule has 0 amide bonds. The molecule has 3 rings (SSSR count). The van der Waals surface area contributed by atoms with Gasteiger partial charge in [0, 0.05) is 17.2 Å². The Kier molecular flexibility index (Phi) is 7.15. The van der Waals surface area contributed by atoms with Crippen molar-refractivity contribution in [3.05, 3.63) is 77.9 Å². The van der Waals surface area contributed by atoms with Gasteiger partial charge in [-0.05, 0) is 29.3 Å². The molecular formula is C19H17Cl2NO5. The summed E-state index contributed by atoms with van der Waals surface area (Å²) in [6.07, 6.45) is 4.00. The number of benzene rings is 2. The number of fused-ring (bicyclic) bond motifs is 1. The van der Waals surface area contributed by atoms with Gasteiger partial charge in [0.05, 0.1) is 0 Å². The van der Waals surface area contributed by atoms with Crippen molar-refractivity contribution in [2.45, 2.75) is 0 Å². The average molecular weight is 410 g/mol. The van der Waals surface area contributed by atoms with Crippen molar-refractivity contribution >= 4 is 28.1 Å². The normalized spacial score (nSPS) is 14.3. The molecule has 6 nitrogen and oxygen atoms in total. The van der Waals surface area contributed by atoms with Crippen LogP contribution in [0.25, 0.3) is 11.3 Å². The van der Waals surface area contributed by atoms with Crippen molar-refractivity contribution in [3.8, 4) is 5.75 Å². The highest BCUT2D eigenvalue weighted by Gasteiger charge is 2.18. The van der Waals surface area contributed by atoms with Crippen molar-refractivity contribution in [1.82, 2.24) is 0 Å². The number of allylic oxidation sites excluding steroid dienone is 3. The van der Waals surface area contributed by atoms with E-state index in [1.54, 1.807) is 0 Å². The molecule has 0 aliphatic carbocycles. The number of halogens is 2. The molecule has 8 heteroatoms. The molecule has 2 aromatic carbocycles. The standard InChI is InChI=1S/C19H17ClNO.ClHO4/c1-21(2)19(20)13-15-12-18(14-8-4-3-5-9-14)22-17-11-7-6-10-16(15)17;2-1(3,4)5/h3-13H,1-2H3;(H,2,3,4,5)/q+1;/p-1/b15-13+;. The zero-order valence-corrected chi connectivity index (χ0v) is 16.1. The smallest absolute Gasteiger partial charge is 0.269 e. The Morgan fingerprint density at radius 2 is 1.52 bits per heavy atom. The third-order valence-electron chi connectivity index (χ3n) is 3.46. The highest BCUT2D eigenvalue weighted by atomic mass is 35.7. The summed E-state index contributed by atoms with van der Waals surface area (Å²) < 4.78 is 41.9. The highest BCUT2D eigenvalue weighted by Crippen LogP contribution is 2.36. The molecule has 0 bridgehead atoms. The van der Waals surface area contributed by atoms with Crippen LogP contribution in [0.4, 0.5) is 0 Å². The van der Waals surface area contributed by atoms with E-state index in [-0.39, 0.29) is 0 Å². The fraction of sp³-hybridized carbons (Fsp3) is 0.105. The van der Waals surface area contributed by atoms with Crippen LogP contribution in [-0.2, 0) is 0 Å². The molecule has 1 heterocycles. The van der Waals surface area contributed by atoms with Gasteiger partial charge < -0.3 is 4.74 Å². The van der Waals surface area contributed by atoms with Crippen molar-refractivity contribution in [2.24, 2.45) is 0 Å². The van der Waals surface area contributed by atoms with E-state index in [2.05, 4.69) is 0 Å². The van der Waals surface area contributed by atoms with Crippen molar-refractivity contribution in [3.63, 3.8) is 0 Å². The van der Waals surface area contributed by atoms with Crippen LogP contribution >= 0.6 is 11.6 Å². The summed E-state index contributed by atoms with van der Waals surface area (Å²) in [5.74, 6) is 1.67. The van der Waals surface area contributed by atoms with Gasteiger partial charge in [0.2, 0.25) is 0 Å². The zero-order chi connectivity index (χ0) is 20.0. The molecule has 1 aliphatic rings. The maximum atomic E-state index is 8.49. The molecule has 142 valence electrons. The molecule has 0 unspecified atom stereocenters. The number of para-hydroxylation sites is 1. The topological polar surface area (TPSA) is 104 Å². The predicted octanol–water partition coefficient (Wildman–Crippen LogP) is -0.343. The summed E-state index contributed by atoms with van der Waals surface area (Å²) in [7, 11) is -1.10. The zero-order valence-electron chi connectivity index (χ0n) is 14.6. The molecule has 27 heavy (non-hydrogen) atoms. The number of hydrogen-bond donors (Lipinski definition) is 0. The Hall–Kier alpha value is -2.19. The fourth-order valence-electron chi connectivity index (χ4n) is 2.28. The maximum Gasteiger partial charge on any atom is 0.269 e. The van der Waals surface area contributed by atoms with Gasteiger partial charge in [-0.3, -0.25) is 0 Å². The minimum atomic E-state index is -4.94. The van der Waals surface area contributed by atoms with Gasteiger partial charge in [-0.2, -0.15) is 0 Å². The Labute approximate surface area is 164 Å². The Morgan fingerprint density at radius 3 is 2.11 bits per heavy atom. The van der Waals surface area contributed by atoms with E-state index in [0.29, 0.717) is 5.17 Å². The van der Waals surface area contributed by atoms with Gasteiger partial charge in [-0.15, -0.1) is 10.2 Å². The van der Waals surface area contributed by atoms with Crippen molar-refractivity contribution in [1.29, 1.82) is 0 Å². The lowest BCUT2D eigenvalue weighted by Crippen LogP contribution is -2.68. The van der Waals surface area contributed by atoms with E-state index < -0.39 is 10.2 Å². The third kappa shape index (κ3) is 6.80. The molecule has 0 aromatic heterocycles. The van der Waals surface area contributed by atoms with E-state index in [1.807, 2.05) is 85.4 Å². The van der Waals surface area contributed by atoms with Gasteiger partial charge >= 0.3 is 0 Å². The number of hydrogen-bond acceptors (Lipinski definition) is 5. The molecule has 0 radical (unpaired) electrons. The SMILES string of the molecule is C[N+](C)=C(Cl)/C=C1\C=C(c2ccccc2)Oc2ccccc21.[O-][Cl+3]([O-])([O-])[O-]. The maximum absolute atomic E-state index is 8.49. The average Bonchev–Trinajstić information content (AvgIpc) is 2.61. The van der Waals surface area contributed by atoms with Crippen LogP contribution in [0.5, 0.6) is 5.75 Å². The first-order valence-corrected chi connectivity index (χ1v) is 9.34. The minimum absolute atomic E-state index is 0.676.